The Labute approximate surface area is 231 Å². The third kappa shape index (κ3) is 5.23. The maximum absolute atomic E-state index is 14.6. The first-order valence-corrected chi connectivity index (χ1v) is 13.7. The summed E-state index contributed by atoms with van der Waals surface area (Å²) in [5.41, 5.74) is 4.90. The molecule has 1 aliphatic rings. The van der Waals surface area contributed by atoms with Gasteiger partial charge in [-0.3, -0.25) is 14.3 Å². The summed E-state index contributed by atoms with van der Waals surface area (Å²) in [5.74, 6) is -0.240. The second-order valence-electron chi connectivity index (χ2n) is 9.79. The van der Waals surface area contributed by atoms with Gasteiger partial charge in [-0.05, 0) is 65.7 Å². The summed E-state index contributed by atoms with van der Waals surface area (Å²) < 4.78 is 25.4. The molecule has 200 valence electrons. The minimum atomic E-state index is -0.396. The second-order valence-corrected chi connectivity index (χ2v) is 10.6. The number of halogens is 2. The van der Waals surface area contributed by atoms with E-state index in [0.717, 1.165) is 29.7 Å². The molecule has 0 N–H and O–H groups in total. The van der Waals surface area contributed by atoms with Gasteiger partial charge in [-0.1, -0.05) is 0 Å². The first-order chi connectivity index (χ1) is 18.9. The molecule has 0 bridgehead atoms. The van der Waals surface area contributed by atoms with E-state index in [-0.39, 0.29) is 24.6 Å². The molecule has 0 radical (unpaired) electrons. The van der Waals surface area contributed by atoms with Crippen LogP contribution in [0.5, 0.6) is 0 Å². The summed E-state index contributed by atoms with van der Waals surface area (Å²) in [7, 11) is 0. The molecule has 0 saturated heterocycles. The SMILES string of the molecule is CCOC(=O)Cc1cc(C2CC2)cn2cc(Cn3cc(C(=O)CCc4ncn5ccc(Br)c(F)c45)cn3)nc12. The molecule has 11 heteroatoms. The number of esters is 1. The van der Waals surface area contributed by atoms with Crippen molar-refractivity contribution < 1.29 is 18.7 Å². The number of Topliss-reactive ketones (excluding diaryl/α,β-unsaturated/α-hetero) is 1. The zero-order chi connectivity index (χ0) is 27.1. The van der Waals surface area contributed by atoms with Gasteiger partial charge in [0.05, 0.1) is 53.5 Å². The number of hydrogen-bond acceptors (Lipinski definition) is 6. The van der Waals surface area contributed by atoms with E-state index in [4.69, 9.17) is 9.72 Å². The van der Waals surface area contributed by atoms with Crippen LogP contribution in [-0.2, 0) is 28.9 Å². The lowest BCUT2D eigenvalue weighted by atomic mass is 10.1. The lowest BCUT2D eigenvalue weighted by molar-refractivity contribution is -0.142. The van der Waals surface area contributed by atoms with Crippen molar-refractivity contribution >= 4 is 38.8 Å². The summed E-state index contributed by atoms with van der Waals surface area (Å²) in [6.07, 6.45) is 13.5. The normalized spacial score (nSPS) is 13.4. The van der Waals surface area contributed by atoms with Crippen LogP contribution >= 0.6 is 15.9 Å². The van der Waals surface area contributed by atoms with E-state index in [2.05, 4.69) is 38.3 Å². The molecule has 39 heavy (non-hydrogen) atoms. The first kappa shape index (κ1) is 25.4. The van der Waals surface area contributed by atoms with Crippen LogP contribution in [0.15, 0.2) is 53.9 Å². The highest BCUT2D eigenvalue weighted by Gasteiger charge is 2.26. The standard InChI is InChI=1S/C28H26BrFN6O3/c1-2-39-25(38)10-18-9-19(17-3-4-17)12-35-14-21(33-28(18)35)15-36-13-20(11-32-36)24(37)6-5-23-27-26(30)22(29)7-8-34(27)16-31-23/h7-9,11-14,16-17H,2-6,10,15H2,1H3. The molecule has 1 aliphatic carbocycles. The van der Waals surface area contributed by atoms with Crippen molar-refractivity contribution in [3.05, 3.63) is 87.8 Å². The molecule has 5 aromatic heterocycles. The lowest BCUT2D eigenvalue weighted by Crippen LogP contribution is -2.09. The average molecular weight is 593 g/mol. The number of nitrogens with zero attached hydrogens (tertiary/aromatic N) is 6. The Morgan fingerprint density at radius 3 is 2.85 bits per heavy atom. The van der Waals surface area contributed by atoms with Crippen molar-refractivity contribution in [2.75, 3.05) is 6.61 Å². The number of aromatic nitrogens is 6. The molecule has 0 atom stereocenters. The van der Waals surface area contributed by atoms with Gasteiger partial charge in [-0.15, -0.1) is 0 Å². The molecule has 0 spiro atoms. The van der Waals surface area contributed by atoms with Crippen molar-refractivity contribution in [2.45, 2.75) is 51.5 Å². The fraction of sp³-hybridized carbons (Fsp3) is 0.321. The smallest absolute Gasteiger partial charge is 0.310 e. The van der Waals surface area contributed by atoms with E-state index in [0.29, 0.717) is 46.7 Å². The quantitative estimate of drug-likeness (QED) is 0.169. The number of imidazole rings is 2. The number of rotatable bonds is 10. The predicted molar refractivity (Wildman–Crippen MR) is 144 cm³/mol. The topological polar surface area (TPSA) is 95.8 Å². The maximum Gasteiger partial charge on any atom is 0.310 e. The zero-order valence-corrected chi connectivity index (χ0v) is 22.9. The van der Waals surface area contributed by atoms with Gasteiger partial charge >= 0.3 is 5.97 Å². The molecule has 0 unspecified atom stereocenters. The highest BCUT2D eigenvalue weighted by Crippen LogP contribution is 2.40. The van der Waals surface area contributed by atoms with Crippen LogP contribution in [0, 0.1) is 5.82 Å². The van der Waals surface area contributed by atoms with E-state index in [1.165, 1.54) is 11.8 Å². The predicted octanol–water partition coefficient (Wildman–Crippen LogP) is 4.93. The number of carbonyl (C=O) groups is 2. The molecule has 9 nitrogen and oxygen atoms in total. The summed E-state index contributed by atoms with van der Waals surface area (Å²) >= 11 is 3.20. The van der Waals surface area contributed by atoms with Crippen LogP contribution in [0.3, 0.4) is 0 Å². The van der Waals surface area contributed by atoms with Crippen molar-refractivity contribution in [2.24, 2.45) is 0 Å². The summed E-state index contributed by atoms with van der Waals surface area (Å²) in [6.45, 7) is 2.51. The lowest BCUT2D eigenvalue weighted by Gasteiger charge is -2.07. The average Bonchev–Trinajstić information content (AvgIpc) is 3.31. The fourth-order valence-electron chi connectivity index (χ4n) is 4.86. The monoisotopic (exact) mass is 592 g/mol. The first-order valence-electron chi connectivity index (χ1n) is 12.9. The molecule has 6 rings (SSSR count). The Kier molecular flexibility index (Phi) is 6.76. The van der Waals surface area contributed by atoms with Gasteiger partial charge in [0.1, 0.15) is 11.2 Å². The second kappa shape index (κ2) is 10.4. The van der Waals surface area contributed by atoms with E-state index < -0.39 is 5.82 Å². The van der Waals surface area contributed by atoms with Crippen LogP contribution in [0.1, 0.15) is 65.0 Å². The molecule has 1 fully saturated rings. The highest BCUT2D eigenvalue weighted by atomic mass is 79.9. The van der Waals surface area contributed by atoms with E-state index in [1.807, 2.05) is 10.6 Å². The van der Waals surface area contributed by atoms with Crippen LogP contribution in [0.4, 0.5) is 4.39 Å². The van der Waals surface area contributed by atoms with Gasteiger partial charge in [0.2, 0.25) is 0 Å². The van der Waals surface area contributed by atoms with Crippen molar-refractivity contribution in [3.8, 4) is 0 Å². The maximum atomic E-state index is 14.6. The van der Waals surface area contributed by atoms with Crippen LogP contribution in [0.25, 0.3) is 11.2 Å². The number of aryl methyl sites for hydroxylation is 1. The van der Waals surface area contributed by atoms with Gasteiger partial charge in [0.15, 0.2) is 11.6 Å². The molecule has 0 aromatic carbocycles. The van der Waals surface area contributed by atoms with Crippen LogP contribution in [0.2, 0.25) is 0 Å². The van der Waals surface area contributed by atoms with Crippen molar-refractivity contribution in [1.82, 2.24) is 28.5 Å². The Balaban J connectivity index is 1.17. The number of ketones is 1. The fourth-order valence-corrected chi connectivity index (χ4v) is 5.17. The summed E-state index contributed by atoms with van der Waals surface area (Å²) in [4.78, 5) is 34.2. The molecule has 0 aliphatic heterocycles. The Morgan fingerprint density at radius 1 is 1.21 bits per heavy atom. The Bertz CT molecular complexity index is 1720. The number of carbonyl (C=O) groups excluding carboxylic acids is 2. The van der Waals surface area contributed by atoms with Crippen molar-refractivity contribution in [3.63, 3.8) is 0 Å². The zero-order valence-electron chi connectivity index (χ0n) is 21.3. The third-order valence-electron chi connectivity index (χ3n) is 6.92. The van der Waals surface area contributed by atoms with Crippen molar-refractivity contribution in [1.29, 1.82) is 0 Å². The van der Waals surface area contributed by atoms with Gasteiger partial charge in [-0.25, -0.2) is 14.4 Å². The Morgan fingerprint density at radius 2 is 2.05 bits per heavy atom. The van der Waals surface area contributed by atoms with Gasteiger partial charge < -0.3 is 13.5 Å². The van der Waals surface area contributed by atoms with E-state index >= 15 is 0 Å². The largest absolute Gasteiger partial charge is 0.466 e. The number of ether oxygens (including phenoxy) is 1. The van der Waals surface area contributed by atoms with Gasteiger partial charge in [0.25, 0.3) is 0 Å². The Hall–Kier alpha value is -3.86. The highest BCUT2D eigenvalue weighted by molar-refractivity contribution is 9.10. The third-order valence-corrected chi connectivity index (χ3v) is 7.54. The van der Waals surface area contributed by atoms with E-state index in [1.54, 1.807) is 40.8 Å². The van der Waals surface area contributed by atoms with Crippen LogP contribution < -0.4 is 0 Å². The number of pyridine rings is 2. The number of fused-ring (bicyclic) bond motifs is 2. The summed E-state index contributed by atoms with van der Waals surface area (Å²) in [6, 6.07) is 3.68. The molecular formula is C28H26BrFN6O3. The summed E-state index contributed by atoms with van der Waals surface area (Å²) in [5, 5.41) is 4.36. The molecule has 1 saturated carbocycles. The molecule has 5 heterocycles. The minimum Gasteiger partial charge on any atom is -0.466 e. The van der Waals surface area contributed by atoms with Gasteiger partial charge in [-0.2, -0.15) is 5.10 Å². The number of hydrogen-bond donors (Lipinski definition) is 0. The minimum absolute atomic E-state index is 0.0985. The van der Waals surface area contributed by atoms with Crippen LogP contribution in [-0.4, -0.2) is 46.9 Å². The molecule has 5 aromatic rings. The molecule has 0 amide bonds. The van der Waals surface area contributed by atoms with Gasteiger partial charge in [0, 0.05) is 36.8 Å². The molecular weight excluding hydrogens is 567 g/mol. The van der Waals surface area contributed by atoms with E-state index in [9.17, 15) is 14.0 Å².